The summed E-state index contributed by atoms with van der Waals surface area (Å²) in [7, 11) is 0. The topological polar surface area (TPSA) is 71.5 Å². The van der Waals surface area contributed by atoms with Gasteiger partial charge in [-0.1, -0.05) is 29.8 Å². The second-order valence-electron chi connectivity index (χ2n) is 7.82. The molecule has 174 valence electrons. The van der Waals surface area contributed by atoms with Crippen LogP contribution in [0.25, 0.3) is 5.57 Å². The number of carbonyl (C=O) groups excluding carboxylic acids is 2. The first-order chi connectivity index (χ1) is 16.1. The molecule has 3 aromatic rings. The number of amides is 2. The second-order valence-corrected chi connectivity index (χ2v) is 7.82. The van der Waals surface area contributed by atoms with Crippen LogP contribution in [0.5, 0.6) is 5.75 Å². The fourth-order valence-electron chi connectivity index (χ4n) is 3.74. The Labute approximate surface area is 193 Å². The number of hydrogen-bond acceptors (Lipinski definition) is 5. The molecule has 0 saturated carbocycles. The van der Waals surface area contributed by atoms with Crippen molar-refractivity contribution >= 4 is 23.1 Å². The van der Waals surface area contributed by atoms with Crippen LogP contribution in [0, 0.1) is 13.8 Å². The highest BCUT2D eigenvalue weighted by Gasteiger charge is 2.39. The molecule has 0 bridgehead atoms. The summed E-state index contributed by atoms with van der Waals surface area (Å²) in [4.78, 5) is 31.9. The number of benzene rings is 2. The highest BCUT2D eigenvalue weighted by atomic mass is 19.4. The van der Waals surface area contributed by atoms with E-state index in [4.69, 9.17) is 0 Å². The number of hydrogen-bond donors (Lipinski definition) is 1. The largest absolute Gasteiger partial charge is 0.573 e. The van der Waals surface area contributed by atoms with Crippen molar-refractivity contribution in [2.75, 3.05) is 5.32 Å². The summed E-state index contributed by atoms with van der Waals surface area (Å²) in [5.41, 5.74) is 3.66. The van der Waals surface area contributed by atoms with E-state index in [9.17, 15) is 22.8 Å². The van der Waals surface area contributed by atoms with Crippen molar-refractivity contribution in [3.63, 3.8) is 0 Å². The van der Waals surface area contributed by atoms with E-state index in [0.29, 0.717) is 16.8 Å². The van der Waals surface area contributed by atoms with Crippen molar-refractivity contribution in [2.24, 2.45) is 0 Å². The number of carbonyl (C=O) groups is 2. The van der Waals surface area contributed by atoms with Crippen LogP contribution < -0.4 is 10.1 Å². The van der Waals surface area contributed by atoms with Crippen LogP contribution in [-0.4, -0.2) is 28.1 Å². The Morgan fingerprint density at radius 1 is 1.00 bits per heavy atom. The Morgan fingerprint density at radius 3 is 2.35 bits per heavy atom. The first-order valence-corrected chi connectivity index (χ1v) is 10.3. The van der Waals surface area contributed by atoms with Crippen LogP contribution in [0.4, 0.5) is 18.9 Å². The van der Waals surface area contributed by atoms with E-state index in [-0.39, 0.29) is 17.8 Å². The summed E-state index contributed by atoms with van der Waals surface area (Å²) in [6.45, 7) is 3.80. The normalized spacial score (nSPS) is 14.1. The third-order valence-electron chi connectivity index (χ3n) is 5.24. The van der Waals surface area contributed by atoms with Crippen LogP contribution >= 0.6 is 0 Å². The lowest BCUT2D eigenvalue weighted by molar-refractivity contribution is -0.274. The van der Waals surface area contributed by atoms with Gasteiger partial charge in [-0.05, 0) is 60.9 Å². The fourth-order valence-corrected chi connectivity index (χ4v) is 3.74. The summed E-state index contributed by atoms with van der Waals surface area (Å²) in [5, 5.41) is 2.93. The molecule has 2 amide bonds. The zero-order valence-electron chi connectivity index (χ0n) is 18.3. The Morgan fingerprint density at radius 2 is 1.74 bits per heavy atom. The van der Waals surface area contributed by atoms with Gasteiger partial charge in [0, 0.05) is 18.1 Å². The number of halogens is 3. The van der Waals surface area contributed by atoms with Gasteiger partial charge in [0.2, 0.25) is 0 Å². The first kappa shape index (κ1) is 23.0. The number of aromatic nitrogens is 1. The molecular formula is C25H20F3N3O3. The van der Waals surface area contributed by atoms with Gasteiger partial charge in [-0.25, -0.2) is 0 Å². The SMILES string of the molecule is Cc1ccc(C2=C(Nc3ccc(OC(F)(F)F)cc3)C(=O)N(Cc3cccnc3)C2=O)c(C)c1. The highest BCUT2D eigenvalue weighted by molar-refractivity contribution is 6.36. The maximum atomic E-state index is 13.4. The van der Waals surface area contributed by atoms with Crippen LogP contribution in [0.15, 0.2) is 72.7 Å². The number of anilines is 1. The lowest BCUT2D eigenvalue weighted by atomic mass is 9.97. The van der Waals surface area contributed by atoms with Gasteiger partial charge in [-0.15, -0.1) is 13.2 Å². The predicted octanol–water partition coefficient (Wildman–Crippen LogP) is 4.99. The lowest BCUT2D eigenvalue weighted by Crippen LogP contribution is -2.32. The Kier molecular flexibility index (Phi) is 6.10. The van der Waals surface area contributed by atoms with Crippen LogP contribution in [0.2, 0.25) is 0 Å². The highest BCUT2D eigenvalue weighted by Crippen LogP contribution is 2.34. The molecule has 0 unspecified atom stereocenters. The Bertz CT molecular complexity index is 1270. The number of nitrogens with zero attached hydrogens (tertiary/aromatic N) is 2. The van der Waals surface area contributed by atoms with Gasteiger partial charge in [-0.2, -0.15) is 0 Å². The zero-order valence-corrected chi connectivity index (χ0v) is 18.3. The van der Waals surface area contributed by atoms with Crippen molar-refractivity contribution in [3.8, 4) is 5.75 Å². The van der Waals surface area contributed by atoms with Crippen molar-refractivity contribution in [1.29, 1.82) is 0 Å². The summed E-state index contributed by atoms with van der Waals surface area (Å²) >= 11 is 0. The number of alkyl halides is 3. The molecule has 1 N–H and O–H groups in total. The molecule has 0 aliphatic carbocycles. The maximum absolute atomic E-state index is 13.4. The third kappa shape index (κ3) is 4.93. The van der Waals surface area contributed by atoms with Crippen molar-refractivity contribution in [3.05, 3.63) is 94.9 Å². The molecule has 0 atom stereocenters. The minimum absolute atomic E-state index is 0.0312. The average molecular weight is 467 g/mol. The molecule has 0 saturated heterocycles. The monoisotopic (exact) mass is 467 g/mol. The standard InChI is InChI=1S/C25H20F3N3O3/c1-15-5-10-20(16(2)12-15)21-22(30-18-6-8-19(9-7-18)34-25(26,27)28)24(33)31(23(21)32)14-17-4-3-11-29-13-17/h3-13,30H,14H2,1-2H3. The van der Waals surface area contributed by atoms with E-state index in [2.05, 4.69) is 15.0 Å². The van der Waals surface area contributed by atoms with Crippen molar-refractivity contribution < 1.29 is 27.5 Å². The van der Waals surface area contributed by atoms with E-state index >= 15 is 0 Å². The molecule has 9 heteroatoms. The van der Waals surface area contributed by atoms with E-state index in [1.807, 2.05) is 26.0 Å². The molecular weight excluding hydrogens is 447 g/mol. The Balaban J connectivity index is 1.71. The minimum Gasteiger partial charge on any atom is -0.406 e. The van der Waals surface area contributed by atoms with Crippen LogP contribution in [-0.2, 0) is 16.1 Å². The number of pyridine rings is 1. The number of rotatable bonds is 6. The summed E-state index contributed by atoms with van der Waals surface area (Å²) in [6, 6.07) is 13.9. The van der Waals surface area contributed by atoms with Crippen molar-refractivity contribution in [1.82, 2.24) is 9.88 Å². The van der Waals surface area contributed by atoms with Gasteiger partial charge in [0.1, 0.15) is 11.4 Å². The molecule has 2 heterocycles. The van der Waals surface area contributed by atoms with E-state index in [1.54, 1.807) is 30.6 Å². The first-order valence-electron chi connectivity index (χ1n) is 10.3. The van der Waals surface area contributed by atoms with Gasteiger partial charge >= 0.3 is 6.36 Å². The number of aryl methyl sites for hydroxylation is 2. The maximum Gasteiger partial charge on any atom is 0.573 e. The molecule has 0 fully saturated rings. The third-order valence-corrected chi connectivity index (χ3v) is 5.24. The van der Waals surface area contributed by atoms with Gasteiger partial charge in [0.25, 0.3) is 11.8 Å². The molecule has 1 aliphatic heterocycles. The smallest absolute Gasteiger partial charge is 0.406 e. The van der Waals surface area contributed by atoms with Gasteiger partial charge in [0.05, 0.1) is 12.1 Å². The predicted molar refractivity (Wildman–Crippen MR) is 119 cm³/mol. The van der Waals surface area contributed by atoms with E-state index < -0.39 is 23.9 Å². The minimum atomic E-state index is -4.81. The molecule has 0 spiro atoms. The number of ether oxygens (including phenoxy) is 1. The number of nitrogens with one attached hydrogen (secondary N) is 1. The van der Waals surface area contributed by atoms with E-state index in [1.165, 1.54) is 12.1 Å². The second kappa shape index (κ2) is 9.01. The van der Waals surface area contributed by atoms with Crippen LogP contribution in [0.3, 0.4) is 0 Å². The lowest BCUT2D eigenvalue weighted by Gasteiger charge is -2.15. The molecule has 4 rings (SSSR count). The van der Waals surface area contributed by atoms with Crippen LogP contribution in [0.1, 0.15) is 22.3 Å². The molecule has 2 aromatic carbocycles. The molecule has 0 radical (unpaired) electrons. The summed E-state index contributed by atoms with van der Waals surface area (Å²) < 4.78 is 41.3. The van der Waals surface area contributed by atoms with E-state index in [0.717, 1.165) is 28.2 Å². The molecule has 1 aliphatic rings. The molecule has 6 nitrogen and oxygen atoms in total. The van der Waals surface area contributed by atoms with Gasteiger partial charge < -0.3 is 10.1 Å². The summed E-state index contributed by atoms with van der Waals surface area (Å²) in [5.74, 6) is -1.41. The molecule has 1 aromatic heterocycles. The van der Waals surface area contributed by atoms with Gasteiger partial charge in [0.15, 0.2) is 0 Å². The van der Waals surface area contributed by atoms with Crippen molar-refractivity contribution in [2.45, 2.75) is 26.8 Å². The summed E-state index contributed by atoms with van der Waals surface area (Å²) in [6.07, 6.45) is -1.65. The number of imide groups is 1. The van der Waals surface area contributed by atoms with Gasteiger partial charge in [-0.3, -0.25) is 19.5 Å². The quantitative estimate of drug-likeness (QED) is 0.518. The Hall–Kier alpha value is -4.14. The zero-order chi connectivity index (χ0) is 24.5. The fraction of sp³-hybridized carbons (Fsp3) is 0.160. The average Bonchev–Trinajstić information content (AvgIpc) is 2.99. The molecule has 34 heavy (non-hydrogen) atoms.